The van der Waals surface area contributed by atoms with Crippen LogP contribution in [0, 0.1) is 0 Å². The Morgan fingerprint density at radius 1 is 1.38 bits per heavy atom. The maximum absolute atomic E-state index is 12.1. The van der Waals surface area contributed by atoms with E-state index in [2.05, 4.69) is 12.2 Å². The highest BCUT2D eigenvalue weighted by Gasteiger charge is 2.18. The molecular formula is C17H28N2O4S. The first kappa shape index (κ1) is 20.3. The number of nitrogens with one attached hydrogen (secondary N) is 1. The van der Waals surface area contributed by atoms with Gasteiger partial charge >= 0.3 is 0 Å². The van der Waals surface area contributed by atoms with Gasteiger partial charge in [-0.15, -0.1) is 0 Å². The molecule has 0 bridgehead atoms. The van der Waals surface area contributed by atoms with Crippen LogP contribution in [-0.4, -0.2) is 40.3 Å². The van der Waals surface area contributed by atoms with Gasteiger partial charge in [-0.25, -0.2) is 8.42 Å². The second-order valence-corrected chi connectivity index (χ2v) is 7.80. The van der Waals surface area contributed by atoms with E-state index in [0.717, 1.165) is 19.1 Å². The van der Waals surface area contributed by atoms with E-state index >= 15 is 0 Å². The molecular weight excluding hydrogens is 328 g/mol. The Morgan fingerprint density at radius 3 is 2.67 bits per heavy atom. The molecule has 1 aromatic carbocycles. The average Bonchev–Trinajstić information content (AvgIpc) is 2.50. The van der Waals surface area contributed by atoms with Crippen molar-refractivity contribution >= 4 is 21.6 Å². The lowest BCUT2D eigenvalue weighted by Crippen LogP contribution is -2.34. The lowest BCUT2D eigenvalue weighted by molar-refractivity contribution is -0.121. The third-order valence-electron chi connectivity index (χ3n) is 3.64. The molecule has 0 radical (unpaired) electrons. The van der Waals surface area contributed by atoms with Gasteiger partial charge in [0.25, 0.3) is 0 Å². The van der Waals surface area contributed by atoms with Gasteiger partial charge in [-0.2, -0.15) is 0 Å². The quantitative estimate of drug-likeness (QED) is 0.699. The normalized spacial score (nSPS) is 12.5. The summed E-state index contributed by atoms with van der Waals surface area (Å²) in [6, 6.07) is 7.03. The van der Waals surface area contributed by atoms with Crippen LogP contribution in [0.15, 0.2) is 24.3 Å². The van der Waals surface area contributed by atoms with Crippen molar-refractivity contribution in [2.24, 2.45) is 0 Å². The van der Waals surface area contributed by atoms with Crippen LogP contribution in [0.25, 0.3) is 0 Å². The Bertz CT molecular complexity index is 631. The average molecular weight is 356 g/mol. The van der Waals surface area contributed by atoms with Gasteiger partial charge in [0.2, 0.25) is 15.9 Å². The van der Waals surface area contributed by atoms with Crippen molar-refractivity contribution < 1.29 is 17.9 Å². The summed E-state index contributed by atoms with van der Waals surface area (Å²) < 4.78 is 30.6. The molecule has 6 nitrogen and oxygen atoms in total. The van der Waals surface area contributed by atoms with Crippen molar-refractivity contribution in [1.29, 1.82) is 0 Å². The van der Waals surface area contributed by atoms with Crippen molar-refractivity contribution in [3.05, 3.63) is 24.3 Å². The summed E-state index contributed by atoms with van der Waals surface area (Å²) >= 11 is 0. The molecule has 0 aromatic heterocycles. The van der Waals surface area contributed by atoms with E-state index in [1.54, 1.807) is 24.3 Å². The highest BCUT2D eigenvalue weighted by molar-refractivity contribution is 7.92. The topological polar surface area (TPSA) is 75.7 Å². The van der Waals surface area contributed by atoms with Crippen molar-refractivity contribution in [3.8, 4) is 5.75 Å². The number of methoxy groups -OCH3 is 1. The molecule has 1 amide bonds. The first-order valence-electron chi connectivity index (χ1n) is 8.19. The number of benzene rings is 1. The molecule has 0 fully saturated rings. The summed E-state index contributed by atoms with van der Waals surface area (Å²) in [7, 11) is -1.89. The van der Waals surface area contributed by atoms with Crippen LogP contribution in [0.5, 0.6) is 5.75 Å². The van der Waals surface area contributed by atoms with Gasteiger partial charge in [0, 0.05) is 25.1 Å². The van der Waals surface area contributed by atoms with Gasteiger partial charge in [-0.05, 0) is 31.9 Å². The minimum Gasteiger partial charge on any atom is -0.497 e. The fraction of sp³-hybridized carbons (Fsp3) is 0.588. The van der Waals surface area contributed by atoms with E-state index in [0.29, 0.717) is 24.3 Å². The van der Waals surface area contributed by atoms with Crippen molar-refractivity contribution in [3.63, 3.8) is 0 Å². The van der Waals surface area contributed by atoms with Gasteiger partial charge in [0.15, 0.2) is 0 Å². The fourth-order valence-corrected chi connectivity index (χ4v) is 3.44. The number of anilines is 1. The number of rotatable bonds is 10. The molecule has 7 heteroatoms. The molecule has 0 aliphatic heterocycles. The van der Waals surface area contributed by atoms with E-state index in [9.17, 15) is 13.2 Å². The molecule has 1 atom stereocenters. The second kappa shape index (κ2) is 9.52. The number of nitrogens with zero attached hydrogens (tertiary/aromatic N) is 1. The lowest BCUT2D eigenvalue weighted by atomic mass is 10.2. The molecule has 136 valence electrons. The molecule has 0 aliphatic carbocycles. The van der Waals surface area contributed by atoms with Gasteiger partial charge < -0.3 is 10.1 Å². The Balaban J connectivity index is 2.67. The number of sulfonamides is 1. The number of ether oxygens (including phenoxy) is 1. The SMILES string of the molecule is CCC[C@@H](C)NC(=O)CCCN(c1cccc(OC)c1)S(C)(=O)=O. The molecule has 0 spiro atoms. The molecule has 0 saturated carbocycles. The van der Waals surface area contributed by atoms with E-state index < -0.39 is 10.0 Å². The van der Waals surface area contributed by atoms with Crippen LogP contribution < -0.4 is 14.4 Å². The molecule has 0 unspecified atom stereocenters. The Hall–Kier alpha value is -1.76. The minimum absolute atomic E-state index is 0.0463. The number of carbonyl (C=O) groups excluding carboxylic acids is 1. The second-order valence-electron chi connectivity index (χ2n) is 5.90. The summed E-state index contributed by atoms with van der Waals surface area (Å²) in [6.45, 7) is 4.29. The zero-order valence-corrected chi connectivity index (χ0v) is 15.7. The Kier molecular flexibility index (Phi) is 8.04. The molecule has 24 heavy (non-hydrogen) atoms. The first-order chi connectivity index (χ1) is 11.3. The lowest BCUT2D eigenvalue weighted by Gasteiger charge is -2.23. The van der Waals surface area contributed by atoms with E-state index in [1.807, 2.05) is 6.92 Å². The third-order valence-corrected chi connectivity index (χ3v) is 4.83. The van der Waals surface area contributed by atoms with Crippen molar-refractivity contribution in [2.75, 3.05) is 24.2 Å². The van der Waals surface area contributed by atoms with Gasteiger partial charge in [-0.1, -0.05) is 19.4 Å². The van der Waals surface area contributed by atoms with E-state index in [4.69, 9.17) is 4.74 Å². The molecule has 1 rings (SSSR count). The van der Waals surface area contributed by atoms with Gasteiger partial charge in [0.1, 0.15) is 5.75 Å². The van der Waals surface area contributed by atoms with Crippen LogP contribution in [0.1, 0.15) is 39.5 Å². The number of hydrogen-bond acceptors (Lipinski definition) is 4. The van der Waals surface area contributed by atoms with Crippen LogP contribution in [0.2, 0.25) is 0 Å². The monoisotopic (exact) mass is 356 g/mol. The first-order valence-corrected chi connectivity index (χ1v) is 10.0. The predicted octanol–water partition coefficient (Wildman–Crippen LogP) is 2.55. The predicted molar refractivity (Wildman–Crippen MR) is 96.9 cm³/mol. The number of carbonyl (C=O) groups is 1. The van der Waals surface area contributed by atoms with E-state index in [-0.39, 0.29) is 18.5 Å². The standard InChI is InChI=1S/C17H28N2O4S/c1-5-8-14(2)18-17(20)11-7-12-19(24(4,21)22)15-9-6-10-16(13-15)23-3/h6,9-10,13-14H,5,7-8,11-12H2,1-4H3,(H,18,20)/t14-/m1/s1. The largest absolute Gasteiger partial charge is 0.497 e. The molecule has 1 N–H and O–H groups in total. The molecule has 1 aromatic rings. The summed E-state index contributed by atoms with van der Waals surface area (Å²) in [4.78, 5) is 11.9. The highest BCUT2D eigenvalue weighted by atomic mass is 32.2. The van der Waals surface area contributed by atoms with E-state index in [1.165, 1.54) is 11.4 Å². The molecule has 0 aliphatic rings. The summed E-state index contributed by atoms with van der Waals surface area (Å²) in [5, 5.41) is 2.92. The Labute approximate surface area is 145 Å². The number of amides is 1. The van der Waals surface area contributed by atoms with Crippen molar-refractivity contribution in [1.82, 2.24) is 5.32 Å². The fourth-order valence-electron chi connectivity index (χ4n) is 2.49. The van der Waals surface area contributed by atoms with Crippen molar-refractivity contribution in [2.45, 2.75) is 45.6 Å². The van der Waals surface area contributed by atoms with Crippen LogP contribution in [-0.2, 0) is 14.8 Å². The minimum atomic E-state index is -3.43. The Morgan fingerprint density at radius 2 is 2.08 bits per heavy atom. The third kappa shape index (κ3) is 6.78. The van der Waals surface area contributed by atoms with Crippen LogP contribution >= 0.6 is 0 Å². The maximum Gasteiger partial charge on any atom is 0.232 e. The van der Waals surface area contributed by atoms with Gasteiger partial charge in [0.05, 0.1) is 19.1 Å². The van der Waals surface area contributed by atoms with Crippen LogP contribution in [0.4, 0.5) is 5.69 Å². The highest BCUT2D eigenvalue weighted by Crippen LogP contribution is 2.23. The summed E-state index contributed by atoms with van der Waals surface area (Å²) in [5.41, 5.74) is 0.539. The van der Waals surface area contributed by atoms with Crippen LogP contribution in [0.3, 0.4) is 0 Å². The van der Waals surface area contributed by atoms with Gasteiger partial charge in [-0.3, -0.25) is 9.10 Å². The molecule has 0 heterocycles. The maximum atomic E-state index is 12.1. The zero-order chi connectivity index (χ0) is 18.2. The number of hydrogen-bond donors (Lipinski definition) is 1. The molecule has 0 saturated heterocycles. The zero-order valence-electron chi connectivity index (χ0n) is 14.9. The summed E-state index contributed by atoms with van der Waals surface area (Å²) in [6.07, 6.45) is 3.86. The summed E-state index contributed by atoms with van der Waals surface area (Å²) in [5.74, 6) is 0.544. The smallest absolute Gasteiger partial charge is 0.232 e.